The molecule has 0 spiro atoms. The van der Waals surface area contributed by atoms with Crippen LogP contribution in [0.25, 0.3) is 22.3 Å². The van der Waals surface area contributed by atoms with Gasteiger partial charge in [-0.25, -0.2) is 19.9 Å². The molecule has 9 nitrogen and oxygen atoms in total. The summed E-state index contributed by atoms with van der Waals surface area (Å²) in [6.07, 6.45) is 1.80. The lowest BCUT2D eigenvalue weighted by molar-refractivity contribution is -0.137. The normalized spacial score (nSPS) is 11.4. The molecule has 0 radical (unpaired) electrons. The number of pyridine rings is 2. The molecule has 4 aromatic heterocycles. The predicted molar refractivity (Wildman–Crippen MR) is 130 cm³/mol. The summed E-state index contributed by atoms with van der Waals surface area (Å²) >= 11 is 0. The number of hydrogen-bond acceptors (Lipinski definition) is 8. The first-order chi connectivity index (χ1) is 17.3. The van der Waals surface area contributed by atoms with E-state index in [9.17, 15) is 18.4 Å². The lowest BCUT2D eigenvalue weighted by Crippen LogP contribution is -2.23. The molecule has 0 aromatic carbocycles. The summed E-state index contributed by atoms with van der Waals surface area (Å²) in [5, 5.41) is 16.0. The maximum Gasteiger partial charge on any atom is 0.417 e. The quantitative estimate of drug-likeness (QED) is 0.299. The molecule has 0 bridgehead atoms. The van der Waals surface area contributed by atoms with Gasteiger partial charge in [0.2, 0.25) is 5.95 Å². The van der Waals surface area contributed by atoms with Crippen molar-refractivity contribution in [2.24, 2.45) is 0 Å². The number of nitriles is 1. The fourth-order valence-electron chi connectivity index (χ4n) is 3.64. The molecule has 12 heteroatoms. The second-order valence-electron chi connectivity index (χ2n) is 8.14. The van der Waals surface area contributed by atoms with Gasteiger partial charge in [0.15, 0.2) is 0 Å². The molecule has 0 aliphatic heterocycles. The Hall–Kier alpha value is -4.24. The maximum atomic E-state index is 13.2. The van der Waals surface area contributed by atoms with Gasteiger partial charge in [-0.15, -0.1) is 0 Å². The number of aromatic nitrogens is 5. The van der Waals surface area contributed by atoms with E-state index in [1.807, 2.05) is 32.3 Å². The van der Waals surface area contributed by atoms with Crippen LogP contribution in [0, 0.1) is 11.3 Å². The minimum atomic E-state index is -4.54. The summed E-state index contributed by atoms with van der Waals surface area (Å²) in [4.78, 5) is 21.9. The monoisotopic (exact) mass is 495 g/mol. The fraction of sp³-hybridized carbons (Fsp3) is 0.292. The highest BCUT2D eigenvalue weighted by Crippen LogP contribution is 2.34. The Morgan fingerprint density at radius 1 is 1.14 bits per heavy atom. The van der Waals surface area contributed by atoms with Crippen molar-refractivity contribution < 1.29 is 13.2 Å². The van der Waals surface area contributed by atoms with Gasteiger partial charge in [-0.05, 0) is 37.7 Å². The average molecular weight is 496 g/mol. The standard InChI is InChI=1S/C24H24F3N9/c1-29-6-3-7-36(2)20-5-4-15(10-30-20)11-33-23-34-12-16(9-28)21(35-23)19-14-32-22-18(19)8-17(13-31-22)24(25,26)27/h4-5,8,10,12-14,29H,3,6-7,11H2,1-2H3,(H,31,32)(H,33,34,35). The van der Waals surface area contributed by atoms with Gasteiger partial charge in [0.1, 0.15) is 17.5 Å². The summed E-state index contributed by atoms with van der Waals surface area (Å²) in [6.45, 7) is 2.17. The second-order valence-corrected chi connectivity index (χ2v) is 8.14. The van der Waals surface area contributed by atoms with Crippen molar-refractivity contribution in [1.29, 1.82) is 5.26 Å². The number of anilines is 2. The zero-order valence-electron chi connectivity index (χ0n) is 19.7. The molecule has 0 fully saturated rings. The molecule has 0 saturated heterocycles. The fourth-order valence-corrected chi connectivity index (χ4v) is 3.64. The second kappa shape index (κ2) is 10.6. The van der Waals surface area contributed by atoms with E-state index < -0.39 is 11.7 Å². The SMILES string of the molecule is CNCCCN(C)c1ccc(CNc2ncc(C#N)c(-c3c[nH]c4ncc(C(F)(F)F)cc34)n2)cn1. The van der Waals surface area contributed by atoms with Crippen molar-refractivity contribution in [3.63, 3.8) is 0 Å². The summed E-state index contributed by atoms with van der Waals surface area (Å²) in [6, 6.07) is 6.87. The van der Waals surface area contributed by atoms with E-state index in [4.69, 9.17) is 0 Å². The van der Waals surface area contributed by atoms with Crippen molar-refractivity contribution >= 4 is 22.8 Å². The van der Waals surface area contributed by atoms with Crippen LogP contribution in [0.4, 0.5) is 24.9 Å². The number of nitrogens with one attached hydrogen (secondary N) is 3. The molecule has 4 heterocycles. The van der Waals surface area contributed by atoms with Crippen molar-refractivity contribution in [2.75, 3.05) is 37.4 Å². The molecule has 4 rings (SSSR count). The van der Waals surface area contributed by atoms with Crippen molar-refractivity contribution in [1.82, 2.24) is 30.2 Å². The van der Waals surface area contributed by atoms with Gasteiger partial charge < -0.3 is 20.5 Å². The van der Waals surface area contributed by atoms with E-state index in [1.54, 1.807) is 6.20 Å². The Balaban J connectivity index is 1.53. The number of fused-ring (bicyclic) bond motifs is 1. The van der Waals surface area contributed by atoms with Gasteiger partial charge in [0.25, 0.3) is 0 Å². The van der Waals surface area contributed by atoms with Crippen molar-refractivity contribution in [3.8, 4) is 17.3 Å². The van der Waals surface area contributed by atoms with Gasteiger partial charge in [-0.1, -0.05) is 6.07 Å². The van der Waals surface area contributed by atoms with Gasteiger partial charge in [-0.3, -0.25) is 0 Å². The molecule has 0 saturated carbocycles. The van der Waals surface area contributed by atoms with Gasteiger partial charge in [0, 0.05) is 49.7 Å². The molecule has 0 unspecified atom stereocenters. The summed E-state index contributed by atoms with van der Waals surface area (Å²) in [5.74, 6) is 1.09. The third-order valence-electron chi connectivity index (χ3n) is 5.59. The number of alkyl halides is 3. The van der Waals surface area contributed by atoms with E-state index >= 15 is 0 Å². The molecule has 0 atom stereocenters. The number of H-pyrrole nitrogens is 1. The van der Waals surface area contributed by atoms with E-state index in [-0.39, 0.29) is 28.2 Å². The van der Waals surface area contributed by atoms with E-state index in [0.29, 0.717) is 12.1 Å². The molecular formula is C24H24F3N9. The third kappa shape index (κ3) is 5.52. The van der Waals surface area contributed by atoms with Crippen LogP contribution >= 0.6 is 0 Å². The molecular weight excluding hydrogens is 471 g/mol. The minimum absolute atomic E-state index is 0.131. The van der Waals surface area contributed by atoms with Crippen molar-refractivity contribution in [3.05, 3.63) is 59.7 Å². The van der Waals surface area contributed by atoms with Crippen molar-refractivity contribution in [2.45, 2.75) is 19.1 Å². The van der Waals surface area contributed by atoms with E-state index in [2.05, 4.69) is 40.5 Å². The van der Waals surface area contributed by atoms with E-state index in [0.717, 1.165) is 43.2 Å². The van der Waals surface area contributed by atoms with Crippen LogP contribution in [0.1, 0.15) is 23.1 Å². The molecule has 0 aliphatic rings. The zero-order valence-corrected chi connectivity index (χ0v) is 19.7. The average Bonchev–Trinajstić information content (AvgIpc) is 3.30. The summed E-state index contributed by atoms with van der Waals surface area (Å²) < 4.78 is 39.7. The Kier molecular flexibility index (Phi) is 7.30. The summed E-state index contributed by atoms with van der Waals surface area (Å²) in [7, 11) is 3.90. The Morgan fingerprint density at radius 3 is 2.67 bits per heavy atom. The maximum absolute atomic E-state index is 13.2. The molecule has 36 heavy (non-hydrogen) atoms. The number of hydrogen-bond donors (Lipinski definition) is 3. The van der Waals surface area contributed by atoms with Crippen LogP contribution in [0.3, 0.4) is 0 Å². The Labute approximate surface area is 205 Å². The first kappa shape index (κ1) is 24.9. The topological polar surface area (TPSA) is 118 Å². The minimum Gasteiger partial charge on any atom is -0.360 e. The largest absolute Gasteiger partial charge is 0.417 e. The van der Waals surface area contributed by atoms with Crippen LogP contribution in [-0.2, 0) is 12.7 Å². The number of nitrogens with zero attached hydrogens (tertiary/aromatic N) is 6. The molecule has 0 aliphatic carbocycles. The Bertz CT molecular complexity index is 1370. The third-order valence-corrected chi connectivity index (χ3v) is 5.59. The smallest absolute Gasteiger partial charge is 0.360 e. The molecule has 3 N–H and O–H groups in total. The van der Waals surface area contributed by atoms with Crippen LogP contribution in [0.5, 0.6) is 0 Å². The summed E-state index contributed by atoms with van der Waals surface area (Å²) in [5.41, 5.74) is 0.939. The number of rotatable bonds is 9. The van der Waals surface area contributed by atoms with Gasteiger partial charge in [0.05, 0.1) is 23.0 Å². The lowest BCUT2D eigenvalue weighted by Gasteiger charge is -2.18. The molecule has 4 aromatic rings. The van der Waals surface area contributed by atoms with Crippen LogP contribution in [0.15, 0.2) is 43.0 Å². The Morgan fingerprint density at radius 2 is 1.97 bits per heavy atom. The highest BCUT2D eigenvalue weighted by molar-refractivity contribution is 5.94. The molecule has 0 amide bonds. The first-order valence-electron chi connectivity index (χ1n) is 11.2. The first-order valence-corrected chi connectivity index (χ1v) is 11.2. The van der Waals surface area contributed by atoms with Gasteiger partial charge in [-0.2, -0.15) is 18.4 Å². The molecule has 186 valence electrons. The number of halogens is 3. The number of aromatic amines is 1. The van der Waals surface area contributed by atoms with E-state index in [1.165, 1.54) is 12.4 Å². The van der Waals surface area contributed by atoms with Gasteiger partial charge >= 0.3 is 6.18 Å². The van der Waals surface area contributed by atoms with Crippen LogP contribution < -0.4 is 15.5 Å². The highest BCUT2D eigenvalue weighted by atomic mass is 19.4. The zero-order chi connectivity index (χ0) is 25.7. The lowest BCUT2D eigenvalue weighted by atomic mass is 10.1. The van der Waals surface area contributed by atoms with Crippen LogP contribution in [0.2, 0.25) is 0 Å². The highest BCUT2D eigenvalue weighted by Gasteiger charge is 2.31. The predicted octanol–water partition coefficient (Wildman–Crippen LogP) is 3.96. The van der Waals surface area contributed by atoms with Crippen LogP contribution in [-0.4, -0.2) is 52.1 Å².